The van der Waals surface area contributed by atoms with Crippen LogP contribution in [-0.4, -0.2) is 11.6 Å². The van der Waals surface area contributed by atoms with Crippen LogP contribution in [0.25, 0.3) is 0 Å². The van der Waals surface area contributed by atoms with Gasteiger partial charge in [-0.25, -0.2) is 0 Å². The number of carbonyl (C=O) groups excluding carboxylic acids is 1. The highest BCUT2D eigenvalue weighted by Gasteiger charge is 2.07. The maximum atomic E-state index is 12.0. The van der Waals surface area contributed by atoms with E-state index in [4.69, 9.17) is 22.7 Å². The Labute approximate surface area is 116 Å². The smallest absolute Gasteiger partial charge is 0.167 e. The normalized spacial score (nSPS) is 10.2. The third kappa shape index (κ3) is 3.42. The van der Waals surface area contributed by atoms with Crippen molar-refractivity contribution in [1.82, 2.24) is 0 Å². The summed E-state index contributed by atoms with van der Waals surface area (Å²) in [5.41, 5.74) is 7.56. The van der Waals surface area contributed by atoms with Crippen molar-refractivity contribution in [1.29, 1.82) is 5.41 Å². The lowest BCUT2D eigenvalue weighted by atomic mass is 10.0. The minimum Gasteiger partial charge on any atom is -0.384 e. The Hall–Kier alpha value is -2.13. The van der Waals surface area contributed by atoms with Crippen LogP contribution in [0.3, 0.4) is 0 Å². The minimum absolute atomic E-state index is 0.0237. The molecular weight excluding hydrogens is 260 g/mol. The maximum Gasteiger partial charge on any atom is 0.167 e. The van der Waals surface area contributed by atoms with Crippen molar-refractivity contribution in [3.8, 4) is 0 Å². The van der Waals surface area contributed by atoms with E-state index in [1.807, 2.05) is 12.1 Å². The van der Waals surface area contributed by atoms with Crippen molar-refractivity contribution in [3.05, 3.63) is 70.2 Å². The van der Waals surface area contributed by atoms with Gasteiger partial charge < -0.3 is 5.73 Å². The fourth-order valence-electron chi connectivity index (χ4n) is 1.73. The second-order valence-electron chi connectivity index (χ2n) is 4.22. The minimum atomic E-state index is 0.0237. The van der Waals surface area contributed by atoms with Crippen LogP contribution in [0.4, 0.5) is 0 Å². The summed E-state index contributed by atoms with van der Waals surface area (Å²) in [5.74, 6) is 0.0582. The highest BCUT2D eigenvalue weighted by atomic mass is 35.5. The summed E-state index contributed by atoms with van der Waals surface area (Å²) < 4.78 is 0. The summed E-state index contributed by atoms with van der Waals surface area (Å²) in [6, 6.07) is 13.9. The van der Waals surface area contributed by atoms with Gasteiger partial charge >= 0.3 is 0 Å². The number of nitrogens with two attached hydrogens (primary N) is 1. The van der Waals surface area contributed by atoms with Gasteiger partial charge in [0.2, 0.25) is 0 Å². The molecule has 0 fully saturated rings. The first-order chi connectivity index (χ1) is 9.06. The molecule has 2 aromatic rings. The average Bonchev–Trinajstić information content (AvgIpc) is 2.40. The molecule has 0 bridgehead atoms. The Morgan fingerprint density at radius 1 is 1.00 bits per heavy atom. The molecule has 3 N–H and O–H groups in total. The SMILES string of the molecule is N=C(N)c1ccc(CC(=O)c2ccc(Cl)cc2)cc1. The van der Waals surface area contributed by atoms with E-state index in [1.54, 1.807) is 36.4 Å². The Kier molecular flexibility index (Phi) is 3.97. The van der Waals surface area contributed by atoms with Gasteiger partial charge in [-0.3, -0.25) is 10.2 Å². The standard InChI is InChI=1S/C15H13ClN2O/c16-13-7-5-11(6-8-13)14(19)9-10-1-3-12(4-2-10)15(17)18/h1-8H,9H2,(H3,17,18). The topological polar surface area (TPSA) is 66.9 Å². The second kappa shape index (κ2) is 5.67. The highest BCUT2D eigenvalue weighted by molar-refractivity contribution is 6.30. The lowest BCUT2D eigenvalue weighted by Gasteiger charge is -2.03. The van der Waals surface area contributed by atoms with E-state index >= 15 is 0 Å². The average molecular weight is 273 g/mol. The van der Waals surface area contributed by atoms with Gasteiger partial charge in [0.15, 0.2) is 5.78 Å². The van der Waals surface area contributed by atoms with Gasteiger partial charge in [0, 0.05) is 22.6 Å². The molecule has 2 rings (SSSR count). The van der Waals surface area contributed by atoms with Crippen molar-refractivity contribution in [2.75, 3.05) is 0 Å². The van der Waals surface area contributed by atoms with E-state index in [9.17, 15) is 4.79 Å². The molecule has 0 amide bonds. The third-order valence-electron chi connectivity index (χ3n) is 2.80. The predicted octanol–water partition coefficient (Wildman–Crippen LogP) is 3.05. The van der Waals surface area contributed by atoms with Crippen molar-refractivity contribution >= 4 is 23.2 Å². The number of benzene rings is 2. The Balaban J connectivity index is 2.10. The number of hydrogen-bond donors (Lipinski definition) is 2. The van der Waals surface area contributed by atoms with Gasteiger partial charge in [0.1, 0.15) is 5.84 Å². The monoisotopic (exact) mass is 272 g/mol. The summed E-state index contributed by atoms with van der Waals surface area (Å²) in [6.45, 7) is 0. The van der Waals surface area contributed by atoms with E-state index in [1.165, 1.54) is 0 Å². The van der Waals surface area contributed by atoms with Gasteiger partial charge in [0.25, 0.3) is 0 Å². The molecule has 0 aromatic heterocycles. The van der Waals surface area contributed by atoms with Gasteiger partial charge in [0.05, 0.1) is 0 Å². The van der Waals surface area contributed by atoms with Crippen LogP contribution in [0.5, 0.6) is 0 Å². The van der Waals surface area contributed by atoms with Crippen molar-refractivity contribution in [2.24, 2.45) is 5.73 Å². The quantitative estimate of drug-likeness (QED) is 0.510. The number of carbonyl (C=O) groups is 1. The number of nitrogen functional groups attached to an aromatic ring is 1. The number of ketones is 1. The first-order valence-electron chi connectivity index (χ1n) is 5.78. The van der Waals surface area contributed by atoms with Crippen LogP contribution < -0.4 is 5.73 Å². The molecule has 0 aliphatic rings. The molecule has 0 aliphatic heterocycles. The highest BCUT2D eigenvalue weighted by Crippen LogP contribution is 2.13. The fourth-order valence-corrected chi connectivity index (χ4v) is 1.85. The molecule has 0 heterocycles. The number of Topliss-reactive ketones (excluding diaryl/α,β-unsaturated/α-hetero) is 1. The zero-order valence-corrected chi connectivity index (χ0v) is 10.9. The van der Waals surface area contributed by atoms with Crippen molar-refractivity contribution in [3.63, 3.8) is 0 Å². The zero-order chi connectivity index (χ0) is 13.8. The van der Waals surface area contributed by atoms with Crippen LogP contribution in [0.2, 0.25) is 5.02 Å². The molecular formula is C15H13ClN2O. The molecule has 19 heavy (non-hydrogen) atoms. The molecule has 4 heteroatoms. The van der Waals surface area contributed by atoms with E-state index < -0.39 is 0 Å². The first kappa shape index (κ1) is 13.3. The Morgan fingerprint density at radius 2 is 1.53 bits per heavy atom. The van der Waals surface area contributed by atoms with Gasteiger partial charge in [-0.05, 0) is 29.8 Å². The number of nitrogens with one attached hydrogen (secondary N) is 1. The number of rotatable bonds is 4. The predicted molar refractivity (Wildman–Crippen MR) is 76.9 cm³/mol. The summed E-state index contributed by atoms with van der Waals surface area (Å²) in [7, 11) is 0. The molecule has 0 unspecified atom stereocenters. The largest absolute Gasteiger partial charge is 0.384 e. The van der Waals surface area contributed by atoms with E-state index in [0.29, 0.717) is 22.6 Å². The second-order valence-corrected chi connectivity index (χ2v) is 4.65. The van der Waals surface area contributed by atoms with Gasteiger partial charge in [-0.2, -0.15) is 0 Å². The molecule has 3 nitrogen and oxygen atoms in total. The molecule has 0 radical (unpaired) electrons. The molecule has 0 aliphatic carbocycles. The number of halogens is 1. The molecule has 0 saturated heterocycles. The van der Waals surface area contributed by atoms with Crippen molar-refractivity contribution < 1.29 is 4.79 Å². The number of hydrogen-bond acceptors (Lipinski definition) is 2. The van der Waals surface area contributed by atoms with E-state index in [0.717, 1.165) is 5.56 Å². The molecule has 0 saturated carbocycles. The van der Waals surface area contributed by atoms with Gasteiger partial charge in [-0.1, -0.05) is 35.9 Å². The maximum absolute atomic E-state index is 12.0. The Bertz CT molecular complexity index is 603. The summed E-state index contributed by atoms with van der Waals surface area (Å²) >= 11 is 5.78. The molecule has 2 aromatic carbocycles. The van der Waals surface area contributed by atoms with Crippen molar-refractivity contribution in [2.45, 2.75) is 6.42 Å². The van der Waals surface area contributed by atoms with Crippen LogP contribution in [-0.2, 0) is 6.42 Å². The zero-order valence-electron chi connectivity index (χ0n) is 10.2. The van der Waals surface area contributed by atoms with Crippen LogP contribution in [0, 0.1) is 5.41 Å². The third-order valence-corrected chi connectivity index (χ3v) is 3.05. The molecule has 96 valence electrons. The lowest BCUT2D eigenvalue weighted by Crippen LogP contribution is -2.11. The lowest BCUT2D eigenvalue weighted by molar-refractivity contribution is 0.0993. The fraction of sp³-hybridized carbons (Fsp3) is 0.0667. The van der Waals surface area contributed by atoms with Crippen LogP contribution in [0.1, 0.15) is 21.5 Å². The molecule has 0 spiro atoms. The van der Waals surface area contributed by atoms with Crippen LogP contribution >= 0.6 is 11.6 Å². The molecule has 0 atom stereocenters. The Morgan fingerprint density at radius 3 is 2.05 bits per heavy atom. The number of amidine groups is 1. The van der Waals surface area contributed by atoms with E-state index in [-0.39, 0.29) is 11.6 Å². The van der Waals surface area contributed by atoms with E-state index in [2.05, 4.69) is 0 Å². The first-order valence-corrected chi connectivity index (χ1v) is 6.16. The van der Waals surface area contributed by atoms with Gasteiger partial charge in [-0.15, -0.1) is 0 Å². The summed E-state index contributed by atoms with van der Waals surface area (Å²) in [4.78, 5) is 12.0. The summed E-state index contributed by atoms with van der Waals surface area (Å²) in [6.07, 6.45) is 0.319. The summed E-state index contributed by atoms with van der Waals surface area (Å²) in [5, 5.41) is 7.91. The van der Waals surface area contributed by atoms with Crippen LogP contribution in [0.15, 0.2) is 48.5 Å².